The van der Waals surface area contributed by atoms with Crippen molar-refractivity contribution in [1.29, 1.82) is 0 Å². The molecule has 0 amide bonds. The largest absolute Gasteiger partial charge is 0.550 e. The lowest BCUT2D eigenvalue weighted by Gasteiger charge is -2.12. The van der Waals surface area contributed by atoms with Crippen molar-refractivity contribution < 1.29 is 19.4 Å². The van der Waals surface area contributed by atoms with Gasteiger partial charge in [0.1, 0.15) is 28.5 Å². The number of aromatic nitrogens is 2. The molecular formula is C22H19N2O5-. The van der Waals surface area contributed by atoms with Crippen LogP contribution in [-0.4, -0.2) is 20.6 Å². The fourth-order valence-corrected chi connectivity index (χ4v) is 3.59. The number of phenols is 1. The molecule has 0 atom stereocenters. The minimum atomic E-state index is -1.24. The number of hydrogen-bond acceptors (Lipinski definition) is 6. The Labute approximate surface area is 165 Å². The number of fused-ring (bicyclic) bond motifs is 2. The van der Waals surface area contributed by atoms with E-state index >= 15 is 0 Å². The molecule has 1 N–H and O–H groups in total. The van der Waals surface area contributed by atoms with Crippen LogP contribution in [0.15, 0.2) is 45.6 Å². The summed E-state index contributed by atoms with van der Waals surface area (Å²) in [6, 6.07) is 10.5. The highest BCUT2D eigenvalue weighted by molar-refractivity contribution is 5.86. The number of carbonyl (C=O) groups excluding carboxylic acids is 1. The van der Waals surface area contributed by atoms with Gasteiger partial charge in [-0.15, -0.1) is 0 Å². The number of carbonyl (C=O) groups is 1. The highest BCUT2D eigenvalue weighted by Crippen LogP contribution is 2.30. The second-order valence-electron chi connectivity index (χ2n) is 6.92. The molecule has 0 unspecified atom stereocenters. The molecule has 148 valence electrons. The number of imidazole rings is 1. The Morgan fingerprint density at radius 1 is 1.28 bits per heavy atom. The van der Waals surface area contributed by atoms with Gasteiger partial charge in [0.05, 0.1) is 16.4 Å². The van der Waals surface area contributed by atoms with Crippen molar-refractivity contribution in [3.05, 3.63) is 57.9 Å². The molecule has 0 spiro atoms. The van der Waals surface area contributed by atoms with Gasteiger partial charge in [0.15, 0.2) is 0 Å². The monoisotopic (exact) mass is 391 g/mol. The molecule has 2 aromatic carbocycles. The van der Waals surface area contributed by atoms with Crippen LogP contribution in [0.4, 0.5) is 0 Å². The molecule has 4 rings (SSSR count). The molecule has 0 fully saturated rings. The van der Waals surface area contributed by atoms with Crippen LogP contribution >= 0.6 is 0 Å². The van der Waals surface area contributed by atoms with Crippen LogP contribution in [0, 0.1) is 0 Å². The van der Waals surface area contributed by atoms with Crippen molar-refractivity contribution in [3.8, 4) is 17.1 Å². The standard InChI is InChI=1S/C22H20N2O5/c1-3-12-10-13-18(11-16(12)25)29-17(8-9-19(26)27)20(21(13)28)22-23-14-6-4-5-7-15(14)24(22)2/h4-7,10-11,25H,3,8-9H2,1-2H3,(H,26,27)/p-1. The van der Waals surface area contributed by atoms with E-state index in [1.165, 1.54) is 6.07 Å². The van der Waals surface area contributed by atoms with Gasteiger partial charge >= 0.3 is 0 Å². The lowest BCUT2D eigenvalue weighted by atomic mass is 10.0. The molecule has 7 nitrogen and oxygen atoms in total. The topological polar surface area (TPSA) is 108 Å². The maximum absolute atomic E-state index is 13.4. The van der Waals surface area contributed by atoms with Gasteiger partial charge in [0.2, 0.25) is 5.43 Å². The second-order valence-corrected chi connectivity index (χ2v) is 6.92. The third kappa shape index (κ3) is 3.14. The van der Waals surface area contributed by atoms with Crippen LogP contribution in [0.2, 0.25) is 0 Å². The van der Waals surface area contributed by atoms with Crippen LogP contribution in [0.5, 0.6) is 5.75 Å². The van der Waals surface area contributed by atoms with Crippen molar-refractivity contribution in [3.63, 3.8) is 0 Å². The molecule has 0 aliphatic heterocycles. The Balaban J connectivity index is 2.06. The van der Waals surface area contributed by atoms with E-state index in [9.17, 15) is 19.8 Å². The first-order valence-corrected chi connectivity index (χ1v) is 9.34. The zero-order chi connectivity index (χ0) is 20.7. The summed E-state index contributed by atoms with van der Waals surface area (Å²) in [5.41, 5.74) is 2.31. The molecule has 2 aromatic heterocycles. The number of carboxylic acid groups (broad SMARTS) is 1. The number of benzene rings is 2. The van der Waals surface area contributed by atoms with Crippen molar-refractivity contribution >= 4 is 28.0 Å². The SMILES string of the molecule is CCc1cc2c(=O)c(-c3nc4ccccc4n3C)c(CCC(=O)[O-])oc2cc1O. The Kier molecular flexibility index (Phi) is 4.58. The number of aliphatic carboxylic acids is 1. The maximum Gasteiger partial charge on any atom is 0.203 e. The van der Waals surface area contributed by atoms with Gasteiger partial charge in [0.25, 0.3) is 0 Å². The van der Waals surface area contributed by atoms with E-state index in [-0.39, 0.29) is 40.9 Å². The van der Waals surface area contributed by atoms with E-state index in [1.807, 2.05) is 31.2 Å². The van der Waals surface area contributed by atoms with E-state index in [2.05, 4.69) is 4.98 Å². The van der Waals surface area contributed by atoms with E-state index in [0.717, 1.165) is 11.0 Å². The van der Waals surface area contributed by atoms with E-state index in [1.54, 1.807) is 17.7 Å². The molecule has 0 aliphatic rings. The van der Waals surface area contributed by atoms with Crippen molar-refractivity contribution in [1.82, 2.24) is 9.55 Å². The zero-order valence-electron chi connectivity index (χ0n) is 16.1. The van der Waals surface area contributed by atoms with Gasteiger partial charge in [-0.1, -0.05) is 19.1 Å². The van der Waals surface area contributed by atoms with E-state index in [0.29, 0.717) is 23.2 Å². The first-order chi connectivity index (χ1) is 13.9. The Morgan fingerprint density at radius 2 is 2.03 bits per heavy atom. The first-order valence-electron chi connectivity index (χ1n) is 9.34. The van der Waals surface area contributed by atoms with Gasteiger partial charge in [-0.3, -0.25) is 4.79 Å². The molecule has 0 saturated heterocycles. The number of aromatic hydroxyl groups is 1. The summed E-state index contributed by atoms with van der Waals surface area (Å²) in [5.74, 6) is -0.604. The number of hydrogen-bond donors (Lipinski definition) is 1. The fraction of sp³-hybridized carbons (Fsp3) is 0.227. The predicted molar refractivity (Wildman–Crippen MR) is 107 cm³/mol. The Morgan fingerprint density at radius 3 is 2.72 bits per heavy atom. The third-order valence-electron chi connectivity index (χ3n) is 5.11. The predicted octanol–water partition coefficient (Wildman–Crippen LogP) is 2.30. The van der Waals surface area contributed by atoms with E-state index < -0.39 is 5.97 Å². The molecule has 0 radical (unpaired) electrons. The molecule has 0 aliphatic carbocycles. The summed E-state index contributed by atoms with van der Waals surface area (Å²) < 4.78 is 7.69. The summed E-state index contributed by atoms with van der Waals surface area (Å²) in [5, 5.41) is 21.5. The van der Waals surface area contributed by atoms with Crippen LogP contribution in [0.3, 0.4) is 0 Å². The summed E-state index contributed by atoms with van der Waals surface area (Å²) in [4.78, 5) is 29.1. The maximum atomic E-state index is 13.4. The number of phenolic OH excluding ortho intramolecular Hbond substituents is 1. The summed E-state index contributed by atoms with van der Waals surface area (Å²) in [6.45, 7) is 1.88. The average molecular weight is 391 g/mol. The van der Waals surface area contributed by atoms with Gasteiger partial charge < -0.3 is 24.0 Å². The number of aryl methyl sites for hydroxylation is 3. The quantitative estimate of drug-likeness (QED) is 0.559. The minimum absolute atomic E-state index is 0.0255. The fourth-order valence-electron chi connectivity index (χ4n) is 3.59. The Bertz CT molecular complexity index is 1320. The minimum Gasteiger partial charge on any atom is -0.550 e. The first kappa shape index (κ1) is 18.7. The normalized spacial score (nSPS) is 11.4. The van der Waals surface area contributed by atoms with Gasteiger partial charge in [-0.05, 0) is 36.6 Å². The molecular weight excluding hydrogens is 372 g/mol. The molecule has 2 heterocycles. The number of nitrogens with zero attached hydrogens (tertiary/aromatic N) is 2. The highest BCUT2D eigenvalue weighted by Gasteiger charge is 2.22. The Hall–Kier alpha value is -3.61. The van der Waals surface area contributed by atoms with Gasteiger partial charge in [0, 0.05) is 25.5 Å². The molecule has 0 saturated carbocycles. The van der Waals surface area contributed by atoms with Crippen LogP contribution in [0.25, 0.3) is 33.4 Å². The number of para-hydroxylation sites is 2. The average Bonchev–Trinajstić information content (AvgIpc) is 3.02. The zero-order valence-corrected chi connectivity index (χ0v) is 16.1. The summed E-state index contributed by atoms with van der Waals surface area (Å²) >= 11 is 0. The molecule has 0 bridgehead atoms. The third-order valence-corrected chi connectivity index (χ3v) is 5.11. The summed E-state index contributed by atoms with van der Waals surface area (Å²) in [6.07, 6.45) is 0.224. The van der Waals surface area contributed by atoms with Crippen LogP contribution in [-0.2, 0) is 24.7 Å². The van der Waals surface area contributed by atoms with Crippen molar-refractivity contribution in [2.75, 3.05) is 0 Å². The van der Waals surface area contributed by atoms with Crippen molar-refractivity contribution in [2.24, 2.45) is 7.05 Å². The highest BCUT2D eigenvalue weighted by atomic mass is 16.4. The van der Waals surface area contributed by atoms with Crippen molar-refractivity contribution in [2.45, 2.75) is 26.2 Å². The van der Waals surface area contributed by atoms with Gasteiger partial charge in [-0.25, -0.2) is 4.98 Å². The lowest BCUT2D eigenvalue weighted by Crippen LogP contribution is -2.23. The smallest absolute Gasteiger partial charge is 0.203 e. The second kappa shape index (κ2) is 7.09. The lowest BCUT2D eigenvalue weighted by molar-refractivity contribution is -0.305. The van der Waals surface area contributed by atoms with Crippen LogP contribution < -0.4 is 10.5 Å². The molecule has 29 heavy (non-hydrogen) atoms. The molecule has 7 heteroatoms. The molecule has 4 aromatic rings. The summed E-state index contributed by atoms with van der Waals surface area (Å²) in [7, 11) is 1.80. The van der Waals surface area contributed by atoms with E-state index in [4.69, 9.17) is 4.42 Å². The van der Waals surface area contributed by atoms with Gasteiger partial charge in [-0.2, -0.15) is 0 Å². The number of carboxylic acids is 1. The van der Waals surface area contributed by atoms with Crippen LogP contribution in [0.1, 0.15) is 24.7 Å². The number of rotatable bonds is 5.